The summed E-state index contributed by atoms with van der Waals surface area (Å²) in [6, 6.07) is 14.9. The fraction of sp³-hybridized carbons (Fsp3) is 0.200. The molecule has 0 fully saturated rings. The second-order valence-electron chi connectivity index (χ2n) is 5.56. The van der Waals surface area contributed by atoms with Gasteiger partial charge in [0.15, 0.2) is 0 Å². The molecule has 2 N–H and O–H groups in total. The summed E-state index contributed by atoms with van der Waals surface area (Å²) in [7, 11) is 1.60. The highest BCUT2D eigenvalue weighted by Gasteiger charge is 2.03. The number of nitrogens with one attached hydrogen (secondary N) is 2. The van der Waals surface area contributed by atoms with Gasteiger partial charge in [0.1, 0.15) is 5.75 Å². The Morgan fingerprint density at radius 2 is 1.72 bits per heavy atom. The van der Waals surface area contributed by atoms with E-state index in [0.717, 1.165) is 22.6 Å². The van der Waals surface area contributed by atoms with Crippen LogP contribution >= 0.6 is 0 Å². The van der Waals surface area contributed by atoms with Crippen LogP contribution in [0, 0.1) is 6.92 Å². The Balaban J connectivity index is 1.71. The normalized spacial score (nSPS) is 10.5. The third-order valence-corrected chi connectivity index (χ3v) is 3.53. The van der Waals surface area contributed by atoms with Crippen LogP contribution in [-0.2, 0) is 9.59 Å². The van der Waals surface area contributed by atoms with Crippen molar-refractivity contribution in [3.05, 3.63) is 65.7 Å². The van der Waals surface area contributed by atoms with E-state index in [2.05, 4.69) is 10.6 Å². The van der Waals surface area contributed by atoms with Gasteiger partial charge in [0.05, 0.1) is 7.11 Å². The first-order valence-electron chi connectivity index (χ1n) is 8.03. The Bertz CT molecular complexity index is 735. The van der Waals surface area contributed by atoms with Crippen molar-refractivity contribution in [1.29, 1.82) is 0 Å². The Labute approximate surface area is 147 Å². The first kappa shape index (κ1) is 18.3. The zero-order valence-electron chi connectivity index (χ0n) is 14.4. The molecular formula is C20H22N2O3. The maximum atomic E-state index is 11.8. The molecular weight excluding hydrogens is 316 g/mol. The summed E-state index contributed by atoms with van der Waals surface area (Å²) in [4.78, 5) is 23.6. The Hall–Kier alpha value is -3.08. The molecule has 2 amide bonds. The highest BCUT2D eigenvalue weighted by atomic mass is 16.5. The number of anilines is 1. The standard InChI is InChI=1S/C20H22N2O3/c1-15-3-8-17(9-4-15)22-20(24)13-14-21-19(23)12-7-16-5-10-18(25-2)11-6-16/h3-12H,13-14H2,1-2H3,(H,21,23)(H,22,24)/b12-7+. The minimum atomic E-state index is -0.237. The van der Waals surface area contributed by atoms with Crippen molar-refractivity contribution in [2.45, 2.75) is 13.3 Å². The number of carbonyl (C=O) groups is 2. The van der Waals surface area contributed by atoms with Gasteiger partial charge in [0.25, 0.3) is 0 Å². The van der Waals surface area contributed by atoms with E-state index in [9.17, 15) is 9.59 Å². The third kappa shape index (κ3) is 6.51. The lowest BCUT2D eigenvalue weighted by molar-refractivity contribution is -0.117. The molecule has 2 aromatic rings. The van der Waals surface area contributed by atoms with Gasteiger partial charge >= 0.3 is 0 Å². The molecule has 2 aromatic carbocycles. The second kappa shape index (κ2) is 9.27. The summed E-state index contributed by atoms with van der Waals surface area (Å²) >= 11 is 0. The van der Waals surface area contributed by atoms with Crippen LogP contribution in [0.4, 0.5) is 5.69 Å². The average Bonchev–Trinajstić information content (AvgIpc) is 2.62. The predicted octanol–water partition coefficient (Wildman–Crippen LogP) is 3.16. The highest BCUT2D eigenvalue weighted by molar-refractivity contribution is 5.93. The van der Waals surface area contributed by atoms with Crippen molar-refractivity contribution < 1.29 is 14.3 Å². The van der Waals surface area contributed by atoms with Crippen LogP contribution < -0.4 is 15.4 Å². The number of ether oxygens (including phenoxy) is 1. The van der Waals surface area contributed by atoms with Crippen LogP contribution in [0.3, 0.4) is 0 Å². The maximum absolute atomic E-state index is 11.8. The molecule has 0 saturated carbocycles. The Morgan fingerprint density at radius 3 is 2.36 bits per heavy atom. The van der Waals surface area contributed by atoms with Gasteiger partial charge in [0, 0.05) is 24.7 Å². The fourth-order valence-corrected chi connectivity index (χ4v) is 2.11. The molecule has 5 heteroatoms. The van der Waals surface area contributed by atoms with Gasteiger partial charge in [-0.15, -0.1) is 0 Å². The molecule has 0 aliphatic carbocycles. The molecule has 0 aliphatic rings. The van der Waals surface area contributed by atoms with Gasteiger partial charge in [0.2, 0.25) is 11.8 Å². The topological polar surface area (TPSA) is 67.4 Å². The van der Waals surface area contributed by atoms with Crippen LogP contribution in [0.15, 0.2) is 54.6 Å². The van der Waals surface area contributed by atoms with Gasteiger partial charge in [-0.1, -0.05) is 29.8 Å². The molecule has 0 saturated heterocycles. The SMILES string of the molecule is COc1ccc(/C=C/C(=O)NCCC(=O)Nc2ccc(C)cc2)cc1. The number of hydrogen-bond acceptors (Lipinski definition) is 3. The van der Waals surface area contributed by atoms with Gasteiger partial charge in [-0.3, -0.25) is 9.59 Å². The minimum absolute atomic E-state index is 0.136. The molecule has 0 atom stereocenters. The number of hydrogen-bond donors (Lipinski definition) is 2. The smallest absolute Gasteiger partial charge is 0.244 e. The van der Waals surface area contributed by atoms with Crippen molar-refractivity contribution in [1.82, 2.24) is 5.32 Å². The van der Waals surface area contributed by atoms with Crippen LogP contribution in [0.5, 0.6) is 5.75 Å². The van der Waals surface area contributed by atoms with Crippen LogP contribution in [0.1, 0.15) is 17.5 Å². The molecule has 130 valence electrons. The molecule has 0 radical (unpaired) electrons. The zero-order chi connectivity index (χ0) is 18.1. The molecule has 0 heterocycles. The largest absolute Gasteiger partial charge is 0.497 e. The van der Waals surface area contributed by atoms with Gasteiger partial charge in [-0.2, -0.15) is 0 Å². The number of amides is 2. The van der Waals surface area contributed by atoms with E-state index in [1.807, 2.05) is 55.5 Å². The summed E-state index contributed by atoms with van der Waals surface area (Å²) in [6.45, 7) is 2.27. The summed E-state index contributed by atoms with van der Waals surface area (Å²) in [5.74, 6) is 0.392. The van der Waals surface area contributed by atoms with Crippen LogP contribution in [-0.4, -0.2) is 25.5 Å². The quantitative estimate of drug-likeness (QED) is 0.762. The summed E-state index contributed by atoms with van der Waals surface area (Å²) in [6.07, 6.45) is 3.37. The van der Waals surface area contributed by atoms with Gasteiger partial charge < -0.3 is 15.4 Å². The summed E-state index contributed by atoms with van der Waals surface area (Å²) in [5, 5.41) is 5.48. The van der Waals surface area contributed by atoms with Gasteiger partial charge in [-0.25, -0.2) is 0 Å². The van der Waals surface area contributed by atoms with Crippen molar-refractivity contribution in [2.75, 3.05) is 19.0 Å². The monoisotopic (exact) mass is 338 g/mol. The molecule has 0 aliphatic heterocycles. The van der Waals surface area contributed by atoms with Crippen LogP contribution in [0.2, 0.25) is 0 Å². The molecule has 0 spiro atoms. The molecule has 0 aromatic heterocycles. The van der Waals surface area contributed by atoms with E-state index in [4.69, 9.17) is 4.74 Å². The number of methoxy groups -OCH3 is 1. The average molecular weight is 338 g/mol. The van der Waals surface area contributed by atoms with E-state index >= 15 is 0 Å². The lowest BCUT2D eigenvalue weighted by atomic mass is 10.2. The molecule has 0 unspecified atom stereocenters. The van der Waals surface area contributed by atoms with Crippen LogP contribution in [0.25, 0.3) is 6.08 Å². The van der Waals surface area contributed by atoms with E-state index in [1.165, 1.54) is 6.08 Å². The maximum Gasteiger partial charge on any atom is 0.244 e. The highest BCUT2D eigenvalue weighted by Crippen LogP contribution is 2.12. The molecule has 2 rings (SSSR count). The number of benzene rings is 2. The Morgan fingerprint density at radius 1 is 1.04 bits per heavy atom. The van der Waals surface area contributed by atoms with E-state index in [0.29, 0.717) is 0 Å². The summed E-state index contributed by atoms with van der Waals surface area (Å²) < 4.78 is 5.08. The van der Waals surface area contributed by atoms with Crippen molar-refractivity contribution in [3.63, 3.8) is 0 Å². The van der Waals surface area contributed by atoms with Crippen molar-refractivity contribution in [3.8, 4) is 5.75 Å². The predicted molar refractivity (Wildman–Crippen MR) is 99.5 cm³/mol. The lowest BCUT2D eigenvalue weighted by Gasteiger charge is -2.06. The second-order valence-corrected chi connectivity index (χ2v) is 5.56. The van der Waals surface area contributed by atoms with E-state index in [-0.39, 0.29) is 24.8 Å². The lowest BCUT2D eigenvalue weighted by Crippen LogP contribution is -2.26. The van der Waals surface area contributed by atoms with E-state index < -0.39 is 0 Å². The third-order valence-electron chi connectivity index (χ3n) is 3.53. The number of rotatable bonds is 7. The Kier molecular flexibility index (Phi) is 6.77. The van der Waals surface area contributed by atoms with Gasteiger partial charge in [-0.05, 0) is 42.8 Å². The van der Waals surface area contributed by atoms with E-state index in [1.54, 1.807) is 13.2 Å². The van der Waals surface area contributed by atoms with Crippen molar-refractivity contribution in [2.24, 2.45) is 0 Å². The zero-order valence-corrected chi connectivity index (χ0v) is 14.4. The molecule has 25 heavy (non-hydrogen) atoms. The molecule has 5 nitrogen and oxygen atoms in total. The first-order valence-corrected chi connectivity index (χ1v) is 8.03. The van der Waals surface area contributed by atoms with Crippen molar-refractivity contribution >= 4 is 23.6 Å². The minimum Gasteiger partial charge on any atom is -0.497 e. The summed E-state index contributed by atoms with van der Waals surface area (Å²) in [5.41, 5.74) is 2.78. The molecule has 0 bridgehead atoms. The number of aryl methyl sites for hydroxylation is 1. The number of carbonyl (C=O) groups excluding carboxylic acids is 2. The first-order chi connectivity index (χ1) is 12.1. The fourth-order valence-electron chi connectivity index (χ4n) is 2.11.